The highest BCUT2D eigenvalue weighted by Gasteiger charge is 2.22. The molecule has 0 radical (unpaired) electrons. The summed E-state index contributed by atoms with van der Waals surface area (Å²) in [5, 5.41) is 9.65. The van der Waals surface area contributed by atoms with Crippen LogP contribution in [-0.2, 0) is 4.74 Å². The molecule has 1 rings (SSSR count). The topological polar surface area (TPSA) is 55.5 Å². The van der Waals surface area contributed by atoms with E-state index < -0.39 is 6.29 Å². The summed E-state index contributed by atoms with van der Waals surface area (Å²) in [5.74, 6) is 1.14. The molecule has 0 saturated heterocycles. The minimum atomic E-state index is -0.863. The van der Waals surface area contributed by atoms with Crippen molar-refractivity contribution in [2.45, 2.75) is 57.5 Å². The molecule has 3 nitrogen and oxygen atoms in total. The molecule has 0 aliphatic heterocycles. The molecule has 0 aromatic heterocycles. The van der Waals surface area contributed by atoms with Gasteiger partial charge in [0.1, 0.15) is 0 Å². The van der Waals surface area contributed by atoms with Crippen molar-refractivity contribution < 1.29 is 9.84 Å². The van der Waals surface area contributed by atoms with E-state index in [1.807, 2.05) is 0 Å². The molecule has 4 heteroatoms. The van der Waals surface area contributed by atoms with E-state index in [2.05, 4.69) is 19.6 Å². The number of ether oxygens (including phenoxy) is 1. The summed E-state index contributed by atoms with van der Waals surface area (Å²) in [4.78, 5) is 0. The maximum absolute atomic E-state index is 9.65. The predicted octanol–water partition coefficient (Wildman–Crippen LogP) is 1.55. The Morgan fingerprint density at radius 2 is 2.13 bits per heavy atom. The summed E-state index contributed by atoms with van der Waals surface area (Å²) in [7, 11) is 0. The number of nitrogens with two attached hydrogens (primary N) is 1. The van der Waals surface area contributed by atoms with Crippen molar-refractivity contribution in [3.05, 3.63) is 0 Å². The maximum atomic E-state index is 9.65. The van der Waals surface area contributed by atoms with Gasteiger partial charge in [-0.25, -0.2) is 0 Å². The van der Waals surface area contributed by atoms with Gasteiger partial charge in [0.15, 0.2) is 6.29 Å². The Labute approximate surface area is 97.8 Å². The summed E-state index contributed by atoms with van der Waals surface area (Å²) in [6.45, 7) is 2.24. The van der Waals surface area contributed by atoms with E-state index in [1.54, 1.807) is 0 Å². The number of aliphatic hydroxyl groups is 1. The second-order valence-corrected chi connectivity index (χ2v) is 4.99. The smallest absolute Gasteiger partial charge is 0.170 e. The summed E-state index contributed by atoms with van der Waals surface area (Å²) < 4.78 is 5.58. The maximum Gasteiger partial charge on any atom is 0.170 e. The third-order valence-corrected chi connectivity index (χ3v) is 3.47. The van der Waals surface area contributed by atoms with Crippen LogP contribution in [0.4, 0.5) is 0 Å². The van der Waals surface area contributed by atoms with Crippen molar-refractivity contribution in [2.75, 3.05) is 5.75 Å². The van der Waals surface area contributed by atoms with Crippen molar-refractivity contribution in [2.24, 2.45) is 11.7 Å². The van der Waals surface area contributed by atoms with Crippen LogP contribution in [0.2, 0.25) is 0 Å². The zero-order valence-electron chi connectivity index (χ0n) is 9.43. The third-order valence-electron chi connectivity index (χ3n) is 3.05. The molecule has 1 aliphatic rings. The zero-order valence-corrected chi connectivity index (χ0v) is 10.3. The van der Waals surface area contributed by atoms with Crippen molar-refractivity contribution in [3.8, 4) is 0 Å². The van der Waals surface area contributed by atoms with Crippen molar-refractivity contribution >= 4 is 12.6 Å². The lowest BCUT2D eigenvalue weighted by atomic mass is 10.0. The van der Waals surface area contributed by atoms with Crippen LogP contribution in [0.3, 0.4) is 0 Å². The molecule has 0 amide bonds. The van der Waals surface area contributed by atoms with E-state index in [0.29, 0.717) is 11.7 Å². The van der Waals surface area contributed by atoms with Crippen LogP contribution >= 0.6 is 12.6 Å². The minimum Gasteiger partial charge on any atom is -0.367 e. The van der Waals surface area contributed by atoms with Crippen LogP contribution in [-0.4, -0.2) is 29.3 Å². The van der Waals surface area contributed by atoms with Gasteiger partial charge in [0, 0.05) is 5.75 Å². The Morgan fingerprint density at radius 3 is 2.80 bits per heavy atom. The standard InChI is InChI=1S/C11H23NO2S/c1-8-4-2-3-5-9(6-8)14-11(13)10(12)7-15/h8-11,13,15H,2-7,12H2,1H3. The molecular formula is C11H23NO2S. The second-order valence-electron chi connectivity index (χ2n) is 4.62. The Morgan fingerprint density at radius 1 is 1.47 bits per heavy atom. The summed E-state index contributed by atoms with van der Waals surface area (Å²) in [5.41, 5.74) is 5.66. The van der Waals surface area contributed by atoms with Gasteiger partial charge in [-0.3, -0.25) is 0 Å². The average molecular weight is 233 g/mol. The van der Waals surface area contributed by atoms with E-state index in [4.69, 9.17) is 10.5 Å². The highest BCUT2D eigenvalue weighted by Crippen LogP contribution is 2.25. The Balaban J connectivity index is 2.35. The number of hydrogen-bond donors (Lipinski definition) is 3. The molecule has 0 bridgehead atoms. The fourth-order valence-electron chi connectivity index (χ4n) is 2.06. The normalized spacial score (nSPS) is 32.0. The van der Waals surface area contributed by atoms with Gasteiger partial charge in [-0.2, -0.15) is 12.6 Å². The molecule has 1 aliphatic carbocycles. The van der Waals surface area contributed by atoms with Crippen LogP contribution in [0.5, 0.6) is 0 Å². The highest BCUT2D eigenvalue weighted by atomic mass is 32.1. The lowest BCUT2D eigenvalue weighted by Gasteiger charge is -2.24. The lowest BCUT2D eigenvalue weighted by Crippen LogP contribution is -2.40. The average Bonchev–Trinajstić information content (AvgIpc) is 2.41. The van der Waals surface area contributed by atoms with Crippen LogP contribution in [0.25, 0.3) is 0 Å². The number of rotatable bonds is 4. The van der Waals surface area contributed by atoms with Gasteiger partial charge in [0.05, 0.1) is 12.1 Å². The van der Waals surface area contributed by atoms with E-state index in [-0.39, 0.29) is 12.1 Å². The van der Waals surface area contributed by atoms with Crippen LogP contribution < -0.4 is 5.73 Å². The van der Waals surface area contributed by atoms with E-state index in [1.165, 1.54) is 19.3 Å². The van der Waals surface area contributed by atoms with Crippen LogP contribution in [0, 0.1) is 5.92 Å². The SMILES string of the molecule is CC1CCCCC(OC(O)C(N)CS)C1. The fourth-order valence-corrected chi connectivity index (χ4v) is 2.24. The zero-order chi connectivity index (χ0) is 11.3. The molecule has 0 aromatic rings. The molecule has 1 fully saturated rings. The molecule has 0 spiro atoms. The molecular weight excluding hydrogens is 210 g/mol. The predicted molar refractivity (Wildman–Crippen MR) is 65.0 cm³/mol. The van der Waals surface area contributed by atoms with Crippen LogP contribution in [0.15, 0.2) is 0 Å². The van der Waals surface area contributed by atoms with E-state index in [9.17, 15) is 5.11 Å². The monoisotopic (exact) mass is 233 g/mol. The summed E-state index contributed by atoms with van der Waals surface area (Å²) in [6.07, 6.45) is 5.13. The molecule has 15 heavy (non-hydrogen) atoms. The van der Waals surface area contributed by atoms with E-state index in [0.717, 1.165) is 12.8 Å². The first-order valence-electron chi connectivity index (χ1n) is 5.83. The first-order valence-corrected chi connectivity index (χ1v) is 6.46. The largest absolute Gasteiger partial charge is 0.367 e. The van der Waals surface area contributed by atoms with Crippen LogP contribution in [0.1, 0.15) is 39.0 Å². The quantitative estimate of drug-likeness (QED) is 0.392. The third kappa shape index (κ3) is 4.72. The van der Waals surface area contributed by atoms with Crippen molar-refractivity contribution in [1.29, 1.82) is 0 Å². The number of hydrogen-bond acceptors (Lipinski definition) is 4. The molecule has 4 unspecified atom stereocenters. The van der Waals surface area contributed by atoms with Gasteiger partial charge in [0.2, 0.25) is 0 Å². The van der Waals surface area contributed by atoms with Gasteiger partial charge >= 0.3 is 0 Å². The summed E-state index contributed by atoms with van der Waals surface area (Å²) >= 11 is 4.05. The highest BCUT2D eigenvalue weighted by molar-refractivity contribution is 7.80. The summed E-state index contributed by atoms with van der Waals surface area (Å²) in [6, 6.07) is -0.383. The molecule has 4 atom stereocenters. The molecule has 0 aromatic carbocycles. The Bertz CT molecular complexity index is 180. The van der Waals surface area contributed by atoms with Gasteiger partial charge in [-0.15, -0.1) is 0 Å². The van der Waals surface area contributed by atoms with Crippen molar-refractivity contribution in [3.63, 3.8) is 0 Å². The van der Waals surface area contributed by atoms with E-state index >= 15 is 0 Å². The van der Waals surface area contributed by atoms with Gasteiger partial charge in [-0.1, -0.05) is 26.2 Å². The van der Waals surface area contributed by atoms with Crippen molar-refractivity contribution in [1.82, 2.24) is 0 Å². The second kappa shape index (κ2) is 6.74. The van der Waals surface area contributed by atoms with Gasteiger partial charge in [-0.05, 0) is 18.8 Å². The molecule has 90 valence electrons. The molecule has 1 saturated carbocycles. The van der Waals surface area contributed by atoms with Gasteiger partial charge < -0.3 is 15.6 Å². The number of aliphatic hydroxyl groups excluding tert-OH is 1. The first kappa shape index (κ1) is 13.3. The van der Waals surface area contributed by atoms with Gasteiger partial charge in [0.25, 0.3) is 0 Å². The first-order chi connectivity index (χ1) is 7.13. The molecule has 3 N–H and O–H groups in total. The molecule has 0 heterocycles. The Hall–Kier alpha value is 0.230. The Kier molecular flexibility index (Phi) is 5.97. The minimum absolute atomic E-state index is 0.170. The number of thiol groups is 1. The fraction of sp³-hybridized carbons (Fsp3) is 1.00. The lowest BCUT2D eigenvalue weighted by molar-refractivity contribution is -0.148.